The van der Waals surface area contributed by atoms with Crippen molar-refractivity contribution in [2.24, 2.45) is 0 Å². The summed E-state index contributed by atoms with van der Waals surface area (Å²) in [6.45, 7) is 7.49. The summed E-state index contributed by atoms with van der Waals surface area (Å²) < 4.78 is 2.28. The van der Waals surface area contributed by atoms with Crippen LogP contribution in [0.15, 0.2) is 146 Å². The van der Waals surface area contributed by atoms with Gasteiger partial charge in [-0.1, -0.05) is 97.1 Å². The number of fused-ring (bicyclic) bond motifs is 3. The Morgan fingerprint density at radius 1 is 0.511 bits per heavy atom. The van der Waals surface area contributed by atoms with E-state index in [2.05, 4.69) is 82.2 Å². The molecule has 2 aromatic heterocycles. The van der Waals surface area contributed by atoms with E-state index in [4.69, 9.17) is 21.5 Å². The Hall–Kier alpha value is -6.89. The van der Waals surface area contributed by atoms with Gasteiger partial charge in [0.2, 0.25) is 0 Å². The molecule has 0 aliphatic rings. The van der Waals surface area contributed by atoms with Crippen molar-refractivity contribution < 1.29 is 0 Å². The summed E-state index contributed by atoms with van der Waals surface area (Å²) in [5.74, 6) is 1.41. The Kier molecular flexibility index (Phi) is 6.80. The first-order chi connectivity index (χ1) is 23.2. The molecular weight excluding hydrogens is 576 g/mol. The fourth-order valence-electron chi connectivity index (χ4n) is 6.08. The van der Waals surface area contributed by atoms with Crippen LogP contribution in [0.3, 0.4) is 0 Å². The minimum absolute atomic E-state index is 0.443. The lowest BCUT2D eigenvalue weighted by Gasteiger charge is -2.12. The van der Waals surface area contributed by atoms with Crippen LogP contribution < -0.4 is 0 Å². The van der Waals surface area contributed by atoms with E-state index in [1.807, 2.05) is 66.7 Å². The van der Waals surface area contributed by atoms with Gasteiger partial charge in [0.1, 0.15) is 0 Å². The highest BCUT2D eigenvalue weighted by Gasteiger charge is 2.16. The fourth-order valence-corrected chi connectivity index (χ4v) is 6.08. The first-order valence-electron chi connectivity index (χ1n) is 15.1. The number of nitriles is 1. The molecule has 0 atom stereocenters. The predicted octanol–water partition coefficient (Wildman–Crippen LogP) is 10.1. The first kappa shape index (κ1) is 27.6. The van der Waals surface area contributed by atoms with E-state index in [0.717, 1.165) is 39.0 Å². The Morgan fingerprint density at radius 2 is 1.09 bits per heavy atom. The topological polar surface area (TPSA) is 71.8 Å². The van der Waals surface area contributed by atoms with Gasteiger partial charge in [-0.05, 0) is 59.7 Å². The van der Waals surface area contributed by atoms with Crippen LogP contribution in [0.1, 0.15) is 5.56 Å². The molecule has 0 unspecified atom stereocenters. The molecular formula is C41H24N6. The van der Waals surface area contributed by atoms with Gasteiger partial charge in [0, 0.05) is 33.2 Å². The van der Waals surface area contributed by atoms with E-state index in [-0.39, 0.29) is 0 Å². The monoisotopic (exact) mass is 600 g/mol. The molecule has 6 aromatic carbocycles. The second-order valence-electron chi connectivity index (χ2n) is 11.2. The van der Waals surface area contributed by atoms with Gasteiger partial charge < -0.3 is 4.57 Å². The Morgan fingerprint density at radius 3 is 1.79 bits per heavy atom. The van der Waals surface area contributed by atoms with Crippen LogP contribution in [0.25, 0.3) is 77.6 Å². The molecule has 0 aliphatic carbocycles. The van der Waals surface area contributed by atoms with Crippen molar-refractivity contribution in [2.75, 3.05) is 0 Å². The molecule has 8 aromatic rings. The summed E-state index contributed by atoms with van der Waals surface area (Å²) in [6.07, 6.45) is 0. The Balaban J connectivity index is 1.29. The molecule has 0 N–H and O–H groups in total. The quantitative estimate of drug-likeness (QED) is 0.184. The summed E-state index contributed by atoms with van der Waals surface area (Å²) >= 11 is 0. The molecule has 2 heterocycles. The molecule has 0 saturated heterocycles. The largest absolute Gasteiger partial charge is 0.309 e. The van der Waals surface area contributed by atoms with Crippen LogP contribution >= 0.6 is 0 Å². The van der Waals surface area contributed by atoms with Crippen LogP contribution in [0, 0.1) is 17.9 Å². The maximum absolute atomic E-state index is 10.1. The third kappa shape index (κ3) is 5.07. The summed E-state index contributed by atoms with van der Waals surface area (Å²) in [6, 6.07) is 50.3. The highest BCUT2D eigenvalue weighted by molar-refractivity contribution is 6.09. The van der Waals surface area contributed by atoms with E-state index >= 15 is 0 Å². The Labute approximate surface area is 271 Å². The van der Waals surface area contributed by atoms with Crippen LogP contribution in [-0.2, 0) is 0 Å². The van der Waals surface area contributed by atoms with Gasteiger partial charge in [0.15, 0.2) is 23.2 Å². The molecule has 0 saturated carbocycles. The lowest BCUT2D eigenvalue weighted by molar-refractivity contribution is 1.07. The molecule has 218 valence electrons. The van der Waals surface area contributed by atoms with Crippen molar-refractivity contribution >= 4 is 27.5 Å². The SMILES string of the molecule is [C-]#[N+]c1cccc(-c2nc(-c3ccccc3)nc(-c3cc(C#N)cc(-c4cccc(-n5c6ccccc6c6ccccc65)c4)c3)n2)c1. The van der Waals surface area contributed by atoms with Crippen molar-refractivity contribution in [3.63, 3.8) is 0 Å². The van der Waals surface area contributed by atoms with E-state index in [1.165, 1.54) is 10.8 Å². The van der Waals surface area contributed by atoms with Gasteiger partial charge in [-0.3, -0.25) is 0 Å². The summed E-state index contributed by atoms with van der Waals surface area (Å²) in [4.78, 5) is 18.1. The van der Waals surface area contributed by atoms with Crippen LogP contribution in [0.5, 0.6) is 0 Å². The number of para-hydroxylation sites is 2. The number of nitrogens with zero attached hydrogens (tertiary/aromatic N) is 6. The molecule has 47 heavy (non-hydrogen) atoms. The first-order valence-corrected chi connectivity index (χ1v) is 15.1. The molecule has 6 nitrogen and oxygen atoms in total. The molecule has 0 amide bonds. The van der Waals surface area contributed by atoms with Crippen LogP contribution in [-0.4, -0.2) is 19.5 Å². The second-order valence-corrected chi connectivity index (χ2v) is 11.2. The van der Waals surface area contributed by atoms with Gasteiger partial charge >= 0.3 is 0 Å². The van der Waals surface area contributed by atoms with Crippen molar-refractivity contribution in [1.82, 2.24) is 19.5 Å². The van der Waals surface area contributed by atoms with Gasteiger partial charge in [-0.25, -0.2) is 19.8 Å². The zero-order chi connectivity index (χ0) is 31.7. The molecule has 8 rings (SSSR count). The average molecular weight is 601 g/mol. The van der Waals surface area contributed by atoms with Gasteiger partial charge in [-0.15, -0.1) is 0 Å². The number of hydrogen-bond acceptors (Lipinski definition) is 4. The fraction of sp³-hybridized carbons (Fsp3) is 0. The van der Waals surface area contributed by atoms with Gasteiger partial charge in [0.05, 0.1) is 29.2 Å². The maximum Gasteiger partial charge on any atom is 0.187 e. The standard InChI is InChI=1S/C41H24N6/c1-43-33-15-9-14-30(24-33)40-44-39(28-11-3-2-4-12-28)45-41(46-40)32-22-27(26-42)21-31(23-32)29-13-10-16-34(25-29)47-37-19-7-5-17-35(37)36-18-6-8-20-38(36)47/h2-25H. The minimum Gasteiger partial charge on any atom is -0.309 e. The highest BCUT2D eigenvalue weighted by atomic mass is 15.0. The van der Waals surface area contributed by atoms with Gasteiger partial charge in [0.25, 0.3) is 0 Å². The average Bonchev–Trinajstić information content (AvgIpc) is 3.49. The van der Waals surface area contributed by atoms with E-state index in [1.54, 1.807) is 12.1 Å². The summed E-state index contributed by atoms with van der Waals surface area (Å²) in [5.41, 5.74) is 8.38. The zero-order valence-corrected chi connectivity index (χ0v) is 25.0. The van der Waals surface area contributed by atoms with Crippen LogP contribution in [0.2, 0.25) is 0 Å². The number of rotatable bonds is 5. The molecule has 0 fully saturated rings. The molecule has 0 radical (unpaired) electrons. The van der Waals surface area contributed by atoms with Crippen molar-refractivity contribution in [3.8, 4) is 57.0 Å². The van der Waals surface area contributed by atoms with Crippen molar-refractivity contribution in [1.29, 1.82) is 5.26 Å². The zero-order valence-electron chi connectivity index (χ0n) is 25.0. The summed E-state index contributed by atoms with van der Waals surface area (Å²) in [7, 11) is 0. The third-order valence-electron chi connectivity index (χ3n) is 8.24. The number of hydrogen-bond donors (Lipinski definition) is 0. The van der Waals surface area contributed by atoms with E-state index in [0.29, 0.717) is 34.3 Å². The lowest BCUT2D eigenvalue weighted by atomic mass is 9.99. The van der Waals surface area contributed by atoms with Crippen molar-refractivity contribution in [3.05, 3.63) is 163 Å². The predicted molar refractivity (Wildman–Crippen MR) is 187 cm³/mol. The Bertz CT molecular complexity index is 2500. The van der Waals surface area contributed by atoms with Crippen molar-refractivity contribution in [2.45, 2.75) is 0 Å². The molecule has 6 heteroatoms. The number of benzene rings is 6. The normalized spacial score (nSPS) is 10.9. The van der Waals surface area contributed by atoms with Gasteiger partial charge in [-0.2, -0.15) is 5.26 Å². The second kappa shape index (κ2) is 11.6. The molecule has 0 bridgehead atoms. The highest BCUT2D eigenvalue weighted by Crippen LogP contribution is 2.35. The maximum atomic E-state index is 10.1. The lowest BCUT2D eigenvalue weighted by Crippen LogP contribution is -2.00. The molecule has 0 aliphatic heterocycles. The minimum atomic E-state index is 0.443. The smallest absolute Gasteiger partial charge is 0.187 e. The third-order valence-corrected chi connectivity index (χ3v) is 8.24. The molecule has 0 spiro atoms. The van der Waals surface area contributed by atoms with E-state index in [9.17, 15) is 5.26 Å². The number of aromatic nitrogens is 4. The van der Waals surface area contributed by atoms with E-state index < -0.39 is 0 Å². The van der Waals surface area contributed by atoms with Crippen LogP contribution in [0.4, 0.5) is 5.69 Å². The summed E-state index contributed by atoms with van der Waals surface area (Å²) in [5, 5.41) is 12.5.